The molecule has 8 heteroatoms. The molecule has 1 aliphatic rings. The highest BCUT2D eigenvalue weighted by Gasteiger charge is 2.27. The third-order valence-corrected chi connectivity index (χ3v) is 5.65. The van der Waals surface area contributed by atoms with Gasteiger partial charge in [-0.15, -0.1) is 0 Å². The van der Waals surface area contributed by atoms with Crippen LogP contribution in [-0.2, 0) is 6.54 Å². The Balaban J connectivity index is 1.45. The Morgan fingerprint density at radius 3 is 2.34 bits per heavy atom. The number of rotatable bonds is 4. The monoisotopic (exact) mass is 427 g/mol. The molecule has 32 heavy (non-hydrogen) atoms. The summed E-state index contributed by atoms with van der Waals surface area (Å²) >= 11 is 0. The number of hydrazine groups is 1. The minimum atomic E-state index is -0.600. The molecule has 8 nitrogen and oxygen atoms in total. The van der Waals surface area contributed by atoms with Crippen molar-refractivity contribution in [2.75, 3.05) is 0 Å². The summed E-state index contributed by atoms with van der Waals surface area (Å²) in [6.07, 6.45) is 2.13. The molecule has 2 amide bonds. The first kappa shape index (κ1) is 19.9. The van der Waals surface area contributed by atoms with Crippen molar-refractivity contribution in [3.05, 3.63) is 81.9 Å². The van der Waals surface area contributed by atoms with E-state index in [1.165, 1.54) is 4.68 Å². The smallest absolute Gasteiger partial charge is 0.267 e. The Hall–Kier alpha value is -4.07. The summed E-state index contributed by atoms with van der Waals surface area (Å²) in [5.41, 5.74) is 6.85. The van der Waals surface area contributed by atoms with Gasteiger partial charge in [0.15, 0.2) is 5.69 Å². The fraction of sp³-hybridized carbons (Fsp3) is 0.208. The van der Waals surface area contributed by atoms with Gasteiger partial charge in [-0.1, -0.05) is 36.4 Å². The van der Waals surface area contributed by atoms with E-state index in [1.54, 1.807) is 37.3 Å². The van der Waals surface area contributed by atoms with Crippen LogP contribution in [0.4, 0.5) is 0 Å². The van der Waals surface area contributed by atoms with E-state index in [2.05, 4.69) is 20.9 Å². The van der Waals surface area contributed by atoms with E-state index in [4.69, 9.17) is 0 Å². The molecular formula is C24H21N5O3. The Morgan fingerprint density at radius 1 is 0.969 bits per heavy atom. The number of nitrogens with zero attached hydrogens (tertiary/aromatic N) is 3. The lowest BCUT2D eigenvalue weighted by Gasteiger charge is -2.12. The third-order valence-electron chi connectivity index (χ3n) is 5.65. The van der Waals surface area contributed by atoms with Gasteiger partial charge in [0.05, 0.1) is 16.5 Å². The van der Waals surface area contributed by atoms with Crippen molar-refractivity contribution in [3.8, 4) is 0 Å². The summed E-state index contributed by atoms with van der Waals surface area (Å²) in [4.78, 5) is 43.1. The van der Waals surface area contributed by atoms with Crippen LogP contribution >= 0.6 is 0 Å². The quantitative estimate of drug-likeness (QED) is 0.487. The molecule has 0 bridgehead atoms. The molecule has 0 radical (unpaired) electrons. The molecule has 0 spiro atoms. The van der Waals surface area contributed by atoms with Crippen molar-refractivity contribution in [1.29, 1.82) is 0 Å². The molecule has 2 heterocycles. The van der Waals surface area contributed by atoms with Gasteiger partial charge in [-0.25, -0.2) is 4.68 Å². The zero-order valence-electron chi connectivity index (χ0n) is 17.5. The molecule has 1 fully saturated rings. The van der Waals surface area contributed by atoms with Gasteiger partial charge < -0.3 is 0 Å². The van der Waals surface area contributed by atoms with Gasteiger partial charge in [-0.05, 0) is 38.0 Å². The van der Waals surface area contributed by atoms with Crippen LogP contribution in [0.1, 0.15) is 52.2 Å². The average molecular weight is 427 g/mol. The first-order chi connectivity index (χ1) is 15.6. The second-order valence-corrected chi connectivity index (χ2v) is 7.81. The lowest BCUT2D eigenvalue weighted by Crippen LogP contribution is -2.43. The van der Waals surface area contributed by atoms with Crippen LogP contribution in [0.15, 0.2) is 59.4 Å². The molecule has 0 aliphatic heterocycles. The van der Waals surface area contributed by atoms with Gasteiger partial charge in [-0.3, -0.25) is 30.2 Å². The van der Waals surface area contributed by atoms with Crippen LogP contribution in [0, 0.1) is 0 Å². The van der Waals surface area contributed by atoms with E-state index < -0.39 is 11.8 Å². The van der Waals surface area contributed by atoms with Crippen LogP contribution in [0.5, 0.6) is 0 Å². The van der Waals surface area contributed by atoms with Gasteiger partial charge in [-0.2, -0.15) is 5.10 Å². The molecule has 2 aromatic heterocycles. The average Bonchev–Trinajstić information content (AvgIpc) is 3.68. The molecule has 2 aromatic carbocycles. The highest BCUT2D eigenvalue weighted by Crippen LogP contribution is 2.40. The van der Waals surface area contributed by atoms with Crippen LogP contribution in [0.25, 0.3) is 21.7 Å². The first-order valence-corrected chi connectivity index (χ1v) is 10.6. The van der Waals surface area contributed by atoms with E-state index in [9.17, 15) is 14.4 Å². The van der Waals surface area contributed by atoms with Crippen molar-refractivity contribution < 1.29 is 9.59 Å². The SMILES string of the molecule is CCn1nc(C(=O)NNC(=O)c2cc(C3CC3)nc3ccccc23)c2ccccc2c1=O. The highest BCUT2D eigenvalue weighted by molar-refractivity contribution is 6.09. The lowest BCUT2D eigenvalue weighted by molar-refractivity contribution is 0.0844. The topological polar surface area (TPSA) is 106 Å². The van der Waals surface area contributed by atoms with E-state index in [0.29, 0.717) is 34.2 Å². The summed E-state index contributed by atoms with van der Waals surface area (Å²) in [6, 6.07) is 16.0. The number of hydrogen-bond acceptors (Lipinski definition) is 5. The van der Waals surface area contributed by atoms with Crippen molar-refractivity contribution in [1.82, 2.24) is 25.6 Å². The maximum absolute atomic E-state index is 13.0. The molecule has 2 N–H and O–H groups in total. The number of pyridine rings is 1. The molecule has 160 valence electrons. The van der Waals surface area contributed by atoms with E-state index in [-0.39, 0.29) is 11.3 Å². The first-order valence-electron chi connectivity index (χ1n) is 10.6. The van der Waals surface area contributed by atoms with Crippen molar-refractivity contribution in [3.63, 3.8) is 0 Å². The highest BCUT2D eigenvalue weighted by atomic mass is 16.2. The zero-order chi connectivity index (χ0) is 22.2. The van der Waals surface area contributed by atoms with Gasteiger partial charge in [0.2, 0.25) is 0 Å². The van der Waals surface area contributed by atoms with E-state index in [0.717, 1.165) is 24.1 Å². The Kier molecular flexibility index (Phi) is 4.89. The lowest BCUT2D eigenvalue weighted by atomic mass is 10.1. The minimum absolute atomic E-state index is 0.0700. The number of benzene rings is 2. The number of aromatic nitrogens is 3. The van der Waals surface area contributed by atoms with Gasteiger partial charge in [0, 0.05) is 28.9 Å². The number of carbonyl (C=O) groups is 2. The van der Waals surface area contributed by atoms with E-state index in [1.807, 2.05) is 24.3 Å². The summed E-state index contributed by atoms with van der Waals surface area (Å²) < 4.78 is 1.23. The number of para-hydroxylation sites is 1. The summed E-state index contributed by atoms with van der Waals surface area (Å²) in [5, 5.41) is 5.74. The van der Waals surface area contributed by atoms with Crippen molar-refractivity contribution in [2.24, 2.45) is 0 Å². The molecule has 4 aromatic rings. The Bertz CT molecular complexity index is 1440. The van der Waals surface area contributed by atoms with Gasteiger partial charge in [0.25, 0.3) is 17.4 Å². The molecule has 0 unspecified atom stereocenters. The van der Waals surface area contributed by atoms with Crippen molar-refractivity contribution in [2.45, 2.75) is 32.2 Å². The Labute approximate surface area is 183 Å². The third kappa shape index (κ3) is 3.49. The summed E-state index contributed by atoms with van der Waals surface area (Å²) in [5.74, 6) is -0.657. The number of hydrogen-bond donors (Lipinski definition) is 2. The number of amides is 2. The second kappa shape index (κ2) is 7.88. The predicted molar refractivity (Wildman–Crippen MR) is 120 cm³/mol. The standard InChI is InChI=1S/C24H21N5O3/c1-2-29-24(32)17-9-4-3-8-16(17)21(28-29)23(31)27-26-22(30)18-13-20(14-11-12-14)25-19-10-6-5-7-15(18)19/h3-10,13-14H,2,11-12H2,1H3,(H,26,30)(H,27,31). The fourth-order valence-electron chi connectivity index (χ4n) is 3.83. The molecule has 1 saturated carbocycles. The molecule has 1 aliphatic carbocycles. The molecule has 0 saturated heterocycles. The zero-order valence-corrected chi connectivity index (χ0v) is 17.5. The number of fused-ring (bicyclic) bond motifs is 2. The normalized spacial score (nSPS) is 13.3. The van der Waals surface area contributed by atoms with Crippen molar-refractivity contribution >= 4 is 33.5 Å². The molecule has 0 atom stereocenters. The van der Waals surface area contributed by atoms with Gasteiger partial charge in [0.1, 0.15) is 0 Å². The van der Waals surface area contributed by atoms with Crippen LogP contribution in [0.3, 0.4) is 0 Å². The maximum Gasteiger partial charge on any atom is 0.290 e. The van der Waals surface area contributed by atoms with Gasteiger partial charge >= 0.3 is 0 Å². The summed E-state index contributed by atoms with van der Waals surface area (Å²) in [6.45, 7) is 2.10. The second-order valence-electron chi connectivity index (χ2n) is 7.81. The summed E-state index contributed by atoms with van der Waals surface area (Å²) in [7, 11) is 0. The molecule has 5 rings (SSSR count). The minimum Gasteiger partial charge on any atom is -0.267 e. The van der Waals surface area contributed by atoms with Crippen LogP contribution in [0.2, 0.25) is 0 Å². The van der Waals surface area contributed by atoms with Crippen LogP contribution < -0.4 is 16.4 Å². The largest absolute Gasteiger partial charge is 0.290 e. The Morgan fingerprint density at radius 2 is 1.62 bits per heavy atom. The van der Waals surface area contributed by atoms with Crippen LogP contribution in [-0.4, -0.2) is 26.6 Å². The fourth-order valence-corrected chi connectivity index (χ4v) is 3.83. The molecular weight excluding hydrogens is 406 g/mol. The van der Waals surface area contributed by atoms with E-state index >= 15 is 0 Å². The number of nitrogens with one attached hydrogen (secondary N) is 2. The number of carbonyl (C=O) groups excluding carboxylic acids is 2. The number of aryl methyl sites for hydroxylation is 1. The predicted octanol–water partition coefficient (Wildman–Crippen LogP) is 2.92. The maximum atomic E-state index is 13.0.